The predicted octanol–water partition coefficient (Wildman–Crippen LogP) is 2.82. The first kappa shape index (κ1) is 16.9. The Hall–Kier alpha value is -1.06. The molecule has 0 rings (SSSR count). The van der Waals surface area contributed by atoms with Crippen LogP contribution in [0.3, 0.4) is 0 Å². The number of aliphatic carboxylic acids is 1. The first-order chi connectivity index (χ1) is 8.15. The average molecular weight is 257 g/mol. The van der Waals surface area contributed by atoms with E-state index in [0.717, 1.165) is 12.8 Å². The van der Waals surface area contributed by atoms with Gasteiger partial charge in [0.2, 0.25) is 5.91 Å². The van der Waals surface area contributed by atoms with Crippen molar-refractivity contribution in [2.75, 3.05) is 0 Å². The van der Waals surface area contributed by atoms with Gasteiger partial charge in [0.15, 0.2) is 0 Å². The average Bonchev–Trinajstić information content (AvgIpc) is 2.22. The van der Waals surface area contributed by atoms with Crippen LogP contribution in [-0.2, 0) is 9.59 Å². The fourth-order valence-electron chi connectivity index (χ4n) is 1.55. The molecular weight excluding hydrogens is 230 g/mol. The molecule has 0 aliphatic carbocycles. The highest BCUT2D eigenvalue weighted by Gasteiger charge is 2.23. The number of carboxylic acid groups (broad SMARTS) is 1. The summed E-state index contributed by atoms with van der Waals surface area (Å²) in [5.74, 6) is -0.815. The second kappa shape index (κ2) is 7.39. The van der Waals surface area contributed by atoms with Crippen LogP contribution >= 0.6 is 0 Å². The lowest BCUT2D eigenvalue weighted by Gasteiger charge is -2.22. The normalized spacial score (nSPS) is 14.9. The third-order valence-electron chi connectivity index (χ3n) is 3.05. The Labute approximate surface area is 110 Å². The SMILES string of the molecule is CCC(C)CC(=O)NC(CCC(C)(C)C)C(=O)O. The van der Waals surface area contributed by atoms with E-state index in [0.29, 0.717) is 18.8 Å². The van der Waals surface area contributed by atoms with Crippen LogP contribution in [0.15, 0.2) is 0 Å². The van der Waals surface area contributed by atoms with Crippen molar-refractivity contribution in [3.8, 4) is 0 Å². The summed E-state index contributed by atoms with van der Waals surface area (Å²) in [7, 11) is 0. The highest BCUT2D eigenvalue weighted by molar-refractivity contribution is 5.83. The fraction of sp³-hybridized carbons (Fsp3) is 0.857. The van der Waals surface area contributed by atoms with Gasteiger partial charge in [0.05, 0.1) is 0 Å². The van der Waals surface area contributed by atoms with Crippen molar-refractivity contribution >= 4 is 11.9 Å². The molecule has 106 valence electrons. The summed E-state index contributed by atoms with van der Waals surface area (Å²) < 4.78 is 0. The highest BCUT2D eigenvalue weighted by Crippen LogP contribution is 2.21. The minimum absolute atomic E-state index is 0.0785. The van der Waals surface area contributed by atoms with Gasteiger partial charge in [0.25, 0.3) is 0 Å². The van der Waals surface area contributed by atoms with E-state index < -0.39 is 12.0 Å². The molecule has 2 atom stereocenters. The van der Waals surface area contributed by atoms with Crippen LogP contribution in [0.4, 0.5) is 0 Å². The van der Waals surface area contributed by atoms with Crippen molar-refractivity contribution in [1.29, 1.82) is 0 Å². The Morgan fingerprint density at radius 3 is 2.22 bits per heavy atom. The first-order valence-corrected chi connectivity index (χ1v) is 6.68. The maximum Gasteiger partial charge on any atom is 0.326 e. The van der Waals surface area contributed by atoms with Crippen LogP contribution in [0.1, 0.15) is 60.3 Å². The zero-order valence-electron chi connectivity index (χ0n) is 12.2. The summed E-state index contributed by atoms with van der Waals surface area (Å²) in [5, 5.41) is 11.7. The second-order valence-electron chi connectivity index (χ2n) is 6.28. The fourth-order valence-corrected chi connectivity index (χ4v) is 1.55. The van der Waals surface area contributed by atoms with Crippen LogP contribution in [0.25, 0.3) is 0 Å². The van der Waals surface area contributed by atoms with Crippen LogP contribution in [-0.4, -0.2) is 23.0 Å². The summed E-state index contributed by atoms with van der Waals surface area (Å²) in [6, 6.07) is -0.763. The zero-order valence-corrected chi connectivity index (χ0v) is 12.2. The van der Waals surface area contributed by atoms with Crippen molar-refractivity contribution in [1.82, 2.24) is 5.32 Å². The number of carbonyl (C=O) groups is 2. The van der Waals surface area contributed by atoms with E-state index in [1.807, 2.05) is 13.8 Å². The minimum atomic E-state index is -0.947. The van der Waals surface area contributed by atoms with Crippen molar-refractivity contribution in [2.24, 2.45) is 11.3 Å². The van der Waals surface area contributed by atoms with E-state index in [4.69, 9.17) is 5.11 Å². The standard InChI is InChI=1S/C14H27NO3/c1-6-10(2)9-12(16)15-11(13(17)18)7-8-14(3,4)5/h10-11H,6-9H2,1-5H3,(H,15,16)(H,17,18). The Morgan fingerprint density at radius 1 is 1.28 bits per heavy atom. The molecule has 0 aromatic heterocycles. The Balaban J connectivity index is 4.28. The predicted molar refractivity (Wildman–Crippen MR) is 72.3 cm³/mol. The Kier molecular flexibility index (Phi) is 6.96. The molecule has 0 aromatic rings. The first-order valence-electron chi connectivity index (χ1n) is 6.68. The second-order valence-corrected chi connectivity index (χ2v) is 6.28. The third-order valence-corrected chi connectivity index (χ3v) is 3.05. The number of hydrogen-bond acceptors (Lipinski definition) is 2. The van der Waals surface area contributed by atoms with Gasteiger partial charge < -0.3 is 10.4 Å². The third kappa shape index (κ3) is 8.09. The number of rotatable bonds is 7. The number of amides is 1. The monoisotopic (exact) mass is 257 g/mol. The molecule has 2 unspecified atom stereocenters. The number of nitrogens with one attached hydrogen (secondary N) is 1. The maximum absolute atomic E-state index is 11.7. The number of carboxylic acids is 1. The Bertz CT molecular complexity index is 281. The topological polar surface area (TPSA) is 66.4 Å². The van der Waals surface area contributed by atoms with E-state index in [-0.39, 0.29) is 11.3 Å². The molecule has 18 heavy (non-hydrogen) atoms. The van der Waals surface area contributed by atoms with E-state index in [1.54, 1.807) is 0 Å². The highest BCUT2D eigenvalue weighted by atomic mass is 16.4. The molecule has 0 heterocycles. The van der Waals surface area contributed by atoms with Gasteiger partial charge in [0.1, 0.15) is 6.04 Å². The molecular formula is C14H27NO3. The van der Waals surface area contributed by atoms with E-state index in [2.05, 4.69) is 26.1 Å². The van der Waals surface area contributed by atoms with Gasteiger partial charge in [-0.1, -0.05) is 41.0 Å². The molecule has 0 aliphatic heterocycles. The molecule has 0 aliphatic rings. The Morgan fingerprint density at radius 2 is 1.83 bits per heavy atom. The van der Waals surface area contributed by atoms with Crippen LogP contribution in [0.5, 0.6) is 0 Å². The van der Waals surface area contributed by atoms with E-state index >= 15 is 0 Å². The molecule has 0 aromatic carbocycles. The van der Waals surface area contributed by atoms with Gasteiger partial charge in [-0.05, 0) is 24.2 Å². The minimum Gasteiger partial charge on any atom is -0.480 e. The summed E-state index contributed by atoms with van der Waals surface area (Å²) in [5.41, 5.74) is 0.0785. The number of carbonyl (C=O) groups excluding carboxylic acids is 1. The zero-order chi connectivity index (χ0) is 14.3. The van der Waals surface area contributed by atoms with E-state index in [1.165, 1.54) is 0 Å². The molecule has 1 amide bonds. The largest absolute Gasteiger partial charge is 0.480 e. The maximum atomic E-state index is 11.7. The van der Waals surface area contributed by atoms with Crippen molar-refractivity contribution < 1.29 is 14.7 Å². The smallest absolute Gasteiger partial charge is 0.326 e. The van der Waals surface area contributed by atoms with Gasteiger partial charge in [-0.15, -0.1) is 0 Å². The quantitative estimate of drug-likeness (QED) is 0.737. The lowest BCUT2D eigenvalue weighted by atomic mass is 9.88. The van der Waals surface area contributed by atoms with E-state index in [9.17, 15) is 9.59 Å². The molecule has 0 spiro atoms. The van der Waals surface area contributed by atoms with Crippen LogP contribution in [0, 0.1) is 11.3 Å². The molecule has 4 heteroatoms. The molecule has 0 radical (unpaired) electrons. The van der Waals surface area contributed by atoms with Crippen molar-refractivity contribution in [2.45, 2.75) is 66.3 Å². The number of hydrogen-bond donors (Lipinski definition) is 2. The molecule has 0 saturated heterocycles. The van der Waals surface area contributed by atoms with Gasteiger partial charge in [-0.3, -0.25) is 4.79 Å². The van der Waals surface area contributed by atoms with Crippen LogP contribution in [0.2, 0.25) is 0 Å². The molecule has 2 N–H and O–H groups in total. The van der Waals surface area contributed by atoms with Gasteiger partial charge in [-0.2, -0.15) is 0 Å². The van der Waals surface area contributed by atoms with Crippen molar-refractivity contribution in [3.63, 3.8) is 0 Å². The summed E-state index contributed by atoms with van der Waals surface area (Å²) in [6.45, 7) is 10.2. The lowest BCUT2D eigenvalue weighted by Crippen LogP contribution is -2.41. The van der Waals surface area contributed by atoms with Crippen LogP contribution < -0.4 is 5.32 Å². The summed E-state index contributed by atoms with van der Waals surface area (Å²) in [4.78, 5) is 22.8. The molecule has 0 bridgehead atoms. The molecule has 4 nitrogen and oxygen atoms in total. The van der Waals surface area contributed by atoms with Gasteiger partial charge >= 0.3 is 5.97 Å². The molecule has 0 fully saturated rings. The molecule has 0 saturated carbocycles. The summed E-state index contributed by atoms with van der Waals surface area (Å²) in [6.07, 6.45) is 2.57. The summed E-state index contributed by atoms with van der Waals surface area (Å²) >= 11 is 0. The lowest BCUT2D eigenvalue weighted by molar-refractivity contribution is -0.142. The van der Waals surface area contributed by atoms with Crippen molar-refractivity contribution in [3.05, 3.63) is 0 Å². The van der Waals surface area contributed by atoms with Gasteiger partial charge in [-0.25, -0.2) is 4.79 Å². The van der Waals surface area contributed by atoms with Gasteiger partial charge in [0, 0.05) is 6.42 Å².